The lowest BCUT2D eigenvalue weighted by Gasteiger charge is -2.20. The molecule has 0 N–H and O–H groups in total. The van der Waals surface area contributed by atoms with E-state index in [1.54, 1.807) is 0 Å². The first kappa shape index (κ1) is 14.1. The van der Waals surface area contributed by atoms with Crippen LogP contribution in [-0.4, -0.2) is 7.41 Å². The van der Waals surface area contributed by atoms with Crippen molar-refractivity contribution in [3.05, 3.63) is 102 Å². The molecule has 1 fully saturated rings. The van der Waals surface area contributed by atoms with Crippen molar-refractivity contribution >= 4 is 13.1 Å². The van der Waals surface area contributed by atoms with E-state index in [-0.39, 0.29) is 11.9 Å². The van der Waals surface area contributed by atoms with E-state index < -0.39 is 0 Å². The second kappa shape index (κ2) is 6.31. The van der Waals surface area contributed by atoms with Crippen LogP contribution < -0.4 is 4.97 Å². The van der Waals surface area contributed by atoms with Crippen molar-refractivity contribution < 1.29 is 4.84 Å². The van der Waals surface area contributed by atoms with Gasteiger partial charge in [0, 0.05) is 11.5 Å². The molecule has 0 spiro atoms. The first-order valence-electron chi connectivity index (χ1n) is 7.88. The molecule has 1 aliphatic heterocycles. The fraction of sp³-hybridized carbons (Fsp3) is 0.100. The largest absolute Gasteiger partial charge is 0.305 e. The fourth-order valence-electron chi connectivity index (χ4n) is 3.02. The zero-order valence-corrected chi connectivity index (χ0v) is 12.7. The predicted molar refractivity (Wildman–Crippen MR) is 94.1 cm³/mol. The van der Waals surface area contributed by atoms with Crippen LogP contribution in [0, 0.1) is 0 Å². The van der Waals surface area contributed by atoms with Gasteiger partial charge in [0.15, 0.2) is 0 Å². The Morgan fingerprint density at radius 3 is 1.78 bits per heavy atom. The Kier molecular flexibility index (Phi) is 3.87. The second-order valence-corrected chi connectivity index (χ2v) is 5.68. The number of nitrogens with zero attached hydrogens (tertiary/aromatic N) is 1. The number of para-hydroxylation sites is 1. The van der Waals surface area contributed by atoms with E-state index in [4.69, 9.17) is 4.84 Å². The standard InChI is InChI=1S/C20H17BNO/c1-4-10-16(11-5-1)19-20(17-12-6-2-7-13-17)23-22(21-19)18-14-8-3-9-15-18/h1-15,19-20H/t19-,20-/m1/s1. The van der Waals surface area contributed by atoms with Crippen LogP contribution >= 0.6 is 0 Å². The molecule has 3 aromatic carbocycles. The monoisotopic (exact) mass is 298 g/mol. The van der Waals surface area contributed by atoms with Crippen molar-refractivity contribution in [2.24, 2.45) is 0 Å². The highest BCUT2D eigenvalue weighted by Gasteiger charge is 2.38. The minimum atomic E-state index is -0.0150. The highest BCUT2D eigenvalue weighted by molar-refractivity contribution is 6.43. The zero-order chi connectivity index (χ0) is 15.5. The average molecular weight is 298 g/mol. The summed E-state index contributed by atoms with van der Waals surface area (Å²) < 4.78 is 0. The highest BCUT2D eigenvalue weighted by Crippen LogP contribution is 2.41. The molecule has 0 aromatic heterocycles. The Morgan fingerprint density at radius 1 is 0.652 bits per heavy atom. The van der Waals surface area contributed by atoms with Gasteiger partial charge in [0.05, 0.1) is 0 Å². The van der Waals surface area contributed by atoms with Gasteiger partial charge in [0.2, 0.25) is 0 Å². The smallest absolute Gasteiger partial charge is 0.297 e. The third-order valence-electron chi connectivity index (χ3n) is 4.17. The molecule has 0 saturated carbocycles. The predicted octanol–water partition coefficient (Wildman–Crippen LogP) is 4.54. The minimum absolute atomic E-state index is 0.0150. The van der Waals surface area contributed by atoms with Gasteiger partial charge in [-0.05, 0) is 23.3 Å². The summed E-state index contributed by atoms with van der Waals surface area (Å²) in [5, 5.41) is 0. The van der Waals surface area contributed by atoms with E-state index in [0.29, 0.717) is 0 Å². The molecule has 2 nitrogen and oxygen atoms in total. The van der Waals surface area contributed by atoms with Crippen molar-refractivity contribution in [2.45, 2.75) is 11.9 Å². The van der Waals surface area contributed by atoms with Gasteiger partial charge in [0.1, 0.15) is 6.10 Å². The van der Waals surface area contributed by atoms with Gasteiger partial charge in [-0.3, -0.25) is 4.84 Å². The second-order valence-electron chi connectivity index (χ2n) is 5.68. The van der Waals surface area contributed by atoms with E-state index in [9.17, 15) is 0 Å². The SMILES string of the molecule is [B]1[C@H](c2ccccc2)[C@@H](c2ccccc2)ON1c1ccccc1. The maximum absolute atomic E-state index is 6.28. The molecule has 2 atom stereocenters. The van der Waals surface area contributed by atoms with E-state index in [1.165, 1.54) is 11.1 Å². The molecule has 3 heteroatoms. The molecule has 23 heavy (non-hydrogen) atoms. The lowest BCUT2D eigenvalue weighted by molar-refractivity contribution is 0.0856. The van der Waals surface area contributed by atoms with Crippen LogP contribution in [0.2, 0.25) is 0 Å². The van der Waals surface area contributed by atoms with Gasteiger partial charge in [-0.25, -0.2) is 0 Å². The minimum Gasteiger partial charge on any atom is -0.305 e. The van der Waals surface area contributed by atoms with Crippen LogP contribution in [0.4, 0.5) is 5.69 Å². The van der Waals surface area contributed by atoms with Crippen molar-refractivity contribution in [1.29, 1.82) is 0 Å². The molecule has 3 aromatic rings. The van der Waals surface area contributed by atoms with Crippen LogP contribution in [0.15, 0.2) is 91.0 Å². The Labute approximate surface area is 137 Å². The average Bonchev–Trinajstić information content (AvgIpc) is 3.09. The summed E-state index contributed by atoms with van der Waals surface area (Å²) in [6, 6.07) is 31.1. The summed E-state index contributed by atoms with van der Waals surface area (Å²) in [5.41, 5.74) is 3.50. The molecule has 1 saturated heterocycles. The Morgan fingerprint density at radius 2 is 1.17 bits per heavy atom. The summed E-state index contributed by atoms with van der Waals surface area (Å²) >= 11 is 0. The van der Waals surface area contributed by atoms with E-state index in [2.05, 4.69) is 68.1 Å². The molecule has 0 amide bonds. The van der Waals surface area contributed by atoms with Gasteiger partial charge in [0.25, 0.3) is 7.41 Å². The summed E-state index contributed by atoms with van der Waals surface area (Å²) in [6.45, 7) is 0. The highest BCUT2D eigenvalue weighted by atomic mass is 16.7. The molecule has 0 unspecified atom stereocenters. The molecule has 1 aliphatic rings. The zero-order valence-electron chi connectivity index (χ0n) is 12.7. The summed E-state index contributed by atoms with van der Waals surface area (Å²) in [5.74, 6) is 0.193. The van der Waals surface area contributed by atoms with Crippen molar-refractivity contribution in [2.75, 3.05) is 4.97 Å². The first-order chi connectivity index (χ1) is 11.4. The third kappa shape index (κ3) is 2.88. The molecule has 4 rings (SSSR count). The van der Waals surface area contributed by atoms with Crippen molar-refractivity contribution in [1.82, 2.24) is 0 Å². The molecule has 111 valence electrons. The van der Waals surface area contributed by atoms with Crippen molar-refractivity contribution in [3.8, 4) is 0 Å². The van der Waals surface area contributed by atoms with Crippen LogP contribution in [-0.2, 0) is 4.84 Å². The molecular weight excluding hydrogens is 281 g/mol. The van der Waals surface area contributed by atoms with Crippen LogP contribution in [0.5, 0.6) is 0 Å². The topological polar surface area (TPSA) is 12.5 Å². The Balaban J connectivity index is 1.70. The number of anilines is 1. The van der Waals surface area contributed by atoms with Crippen LogP contribution in [0.1, 0.15) is 23.0 Å². The Hall–Kier alpha value is -2.52. The number of rotatable bonds is 3. The van der Waals surface area contributed by atoms with E-state index >= 15 is 0 Å². The number of hydrogen-bond donors (Lipinski definition) is 0. The molecular formula is C20H17BNO. The van der Waals surface area contributed by atoms with Gasteiger partial charge in [-0.2, -0.15) is 0 Å². The maximum Gasteiger partial charge on any atom is 0.297 e. The van der Waals surface area contributed by atoms with E-state index in [1.807, 2.05) is 35.3 Å². The normalized spacial score (nSPS) is 20.3. The molecule has 1 heterocycles. The Bertz CT molecular complexity index is 701. The summed E-state index contributed by atoms with van der Waals surface area (Å²) in [4.78, 5) is 8.18. The molecule has 0 bridgehead atoms. The molecule has 0 aliphatic carbocycles. The van der Waals surface area contributed by atoms with E-state index in [0.717, 1.165) is 5.69 Å². The quantitative estimate of drug-likeness (QED) is 0.658. The lowest BCUT2D eigenvalue weighted by atomic mass is 9.67. The van der Waals surface area contributed by atoms with Crippen molar-refractivity contribution in [3.63, 3.8) is 0 Å². The van der Waals surface area contributed by atoms with Crippen LogP contribution in [0.3, 0.4) is 0 Å². The summed E-state index contributed by atoms with van der Waals surface area (Å²) in [6.07, 6.45) is -0.0150. The first-order valence-corrected chi connectivity index (χ1v) is 7.88. The third-order valence-corrected chi connectivity index (χ3v) is 4.17. The van der Waals surface area contributed by atoms with Gasteiger partial charge >= 0.3 is 0 Å². The van der Waals surface area contributed by atoms with Gasteiger partial charge in [-0.1, -0.05) is 78.9 Å². The lowest BCUT2D eigenvalue weighted by Crippen LogP contribution is -2.21. The van der Waals surface area contributed by atoms with Crippen LogP contribution in [0.25, 0.3) is 0 Å². The number of benzene rings is 3. The maximum atomic E-state index is 6.28. The number of hydrogen-bond acceptors (Lipinski definition) is 2. The summed E-state index contributed by atoms with van der Waals surface area (Å²) in [7, 11) is 2.17. The molecule has 1 radical (unpaired) electrons. The fourth-order valence-corrected chi connectivity index (χ4v) is 3.02. The van der Waals surface area contributed by atoms with Gasteiger partial charge < -0.3 is 4.97 Å². The van der Waals surface area contributed by atoms with Gasteiger partial charge in [-0.15, -0.1) is 0 Å².